The van der Waals surface area contributed by atoms with Gasteiger partial charge in [0, 0.05) is 19.4 Å². The molecule has 0 aliphatic rings. The molecule has 7 nitrogen and oxygen atoms in total. The Hall–Kier alpha value is -1.70. The van der Waals surface area contributed by atoms with Gasteiger partial charge in [-0.05, 0) is 0 Å². The Kier molecular flexibility index (Phi) is 3.43. The van der Waals surface area contributed by atoms with Crippen molar-refractivity contribution in [3.63, 3.8) is 0 Å². The van der Waals surface area contributed by atoms with Crippen molar-refractivity contribution in [3.8, 4) is 0 Å². The summed E-state index contributed by atoms with van der Waals surface area (Å²) < 4.78 is 27.9. The fourth-order valence-corrected chi connectivity index (χ4v) is 1.41. The molecule has 88 valence electrons. The van der Waals surface area contributed by atoms with Crippen LogP contribution in [0, 0.1) is 0 Å². The lowest BCUT2D eigenvalue weighted by atomic mass is 10.4. The molecule has 0 unspecified atom stereocenters. The predicted molar refractivity (Wildman–Crippen MR) is 56.6 cm³/mol. The van der Waals surface area contributed by atoms with Crippen LogP contribution in [-0.4, -0.2) is 44.8 Å². The van der Waals surface area contributed by atoms with Crippen molar-refractivity contribution in [1.82, 2.24) is 9.97 Å². The summed E-state index contributed by atoms with van der Waals surface area (Å²) >= 11 is 0. The van der Waals surface area contributed by atoms with Gasteiger partial charge < -0.3 is 4.74 Å². The van der Waals surface area contributed by atoms with Gasteiger partial charge in [-0.1, -0.05) is 0 Å². The summed E-state index contributed by atoms with van der Waals surface area (Å²) in [4.78, 5) is 18.9. The number of aromatic nitrogens is 2. The Morgan fingerprint density at radius 1 is 1.38 bits per heavy atom. The van der Waals surface area contributed by atoms with Gasteiger partial charge >= 0.3 is 5.97 Å². The van der Waals surface area contributed by atoms with Crippen molar-refractivity contribution < 1.29 is 17.9 Å². The number of anilines is 1. The van der Waals surface area contributed by atoms with Crippen LogP contribution in [0.4, 0.5) is 5.82 Å². The van der Waals surface area contributed by atoms with Crippen LogP contribution >= 0.6 is 0 Å². The van der Waals surface area contributed by atoms with E-state index in [1.54, 1.807) is 0 Å². The lowest BCUT2D eigenvalue weighted by Crippen LogP contribution is -2.28. The third kappa shape index (κ3) is 2.45. The van der Waals surface area contributed by atoms with Crippen LogP contribution in [0.2, 0.25) is 0 Å². The first-order valence-corrected chi connectivity index (χ1v) is 6.06. The maximum Gasteiger partial charge on any atom is 0.360 e. The van der Waals surface area contributed by atoms with Gasteiger partial charge in [-0.25, -0.2) is 23.2 Å². The molecule has 0 radical (unpaired) electrons. The average Bonchev–Trinajstić information content (AvgIpc) is 2.25. The minimum absolute atomic E-state index is 0.0585. The van der Waals surface area contributed by atoms with Crippen molar-refractivity contribution in [2.24, 2.45) is 0 Å². The molecular formula is C8H11N3O4S. The van der Waals surface area contributed by atoms with Crippen LogP contribution in [0.25, 0.3) is 0 Å². The van der Waals surface area contributed by atoms with Crippen LogP contribution in [0.3, 0.4) is 0 Å². The summed E-state index contributed by atoms with van der Waals surface area (Å²) in [7, 11) is -1.03. The molecule has 0 spiro atoms. The molecule has 0 saturated heterocycles. The fourth-order valence-electron chi connectivity index (χ4n) is 0.959. The molecule has 0 aliphatic carbocycles. The molecule has 0 N–H and O–H groups in total. The Morgan fingerprint density at radius 2 is 1.94 bits per heavy atom. The summed E-state index contributed by atoms with van der Waals surface area (Å²) in [5.41, 5.74) is -0.141. The molecule has 1 aromatic rings. The van der Waals surface area contributed by atoms with Crippen molar-refractivity contribution in [2.75, 3.05) is 24.7 Å². The number of hydrogen-bond acceptors (Lipinski definition) is 6. The molecule has 1 rings (SSSR count). The third-order valence-electron chi connectivity index (χ3n) is 1.85. The zero-order chi connectivity index (χ0) is 12.3. The smallest absolute Gasteiger partial charge is 0.360 e. The standard InChI is InChI=1S/C8H11N3O4S/c1-11(16(3,13)14)7-6(8(12)15-2)9-4-5-10-7/h4-5H,1-3H3. The first kappa shape index (κ1) is 12.4. The number of methoxy groups -OCH3 is 1. The maximum absolute atomic E-state index is 11.3. The number of carbonyl (C=O) groups is 1. The van der Waals surface area contributed by atoms with Gasteiger partial charge in [-0.15, -0.1) is 0 Å². The minimum atomic E-state index is -3.50. The van der Waals surface area contributed by atoms with Crippen molar-refractivity contribution in [3.05, 3.63) is 18.1 Å². The summed E-state index contributed by atoms with van der Waals surface area (Å²) in [5.74, 6) is -0.796. The Morgan fingerprint density at radius 3 is 2.44 bits per heavy atom. The highest BCUT2D eigenvalue weighted by Gasteiger charge is 2.22. The highest BCUT2D eigenvalue weighted by atomic mass is 32.2. The monoisotopic (exact) mass is 245 g/mol. The summed E-state index contributed by atoms with van der Waals surface area (Å²) in [5, 5.41) is 0. The largest absolute Gasteiger partial charge is 0.464 e. The van der Waals surface area contributed by atoms with E-state index in [0.29, 0.717) is 0 Å². The number of hydrogen-bond donors (Lipinski definition) is 0. The summed E-state index contributed by atoms with van der Waals surface area (Å²) in [6, 6.07) is 0. The number of rotatable bonds is 3. The van der Waals surface area contributed by atoms with Crippen molar-refractivity contribution in [1.29, 1.82) is 0 Å². The molecule has 0 fully saturated rings. The van der Waals surface area contributed by atoms with Crippen LogP contribution in [-0.2, 0) is 14.8 Å². The Balaban J connectivity index is 3.29. The van der Waals surface area contributed by atoms with Crippen LogP contribution in [0.1, 0.15) is 10.5 Å². The lowest BCUT2D eigenvalue weighted by molar-refractivity contribution is 0.0594. The first-order valence-electron chi connectivity index (χ1n) is 4.21. The van der Waals surface area contributed by atoms with Crippen molar-refractivity contribution >= 4 is 21.8 Å². The number of esters is 1. The Bertz CT molecular complexity index is 500. The lowest BCUT2D eigenvalue weighted by Gasteiger charge is -2.16. The topological polar surface area (TPSA) is 89.5 Å². The molecule has 1 aromatic heterocycles. The molecule has 1 heterocycles. The molecule has 0 aliphatic heterocycles. The fraction of sp³-hybridized carbons (Fsp3) is 0.375. The van der Waals surface area contributed by atoms with Gasteiger partial charge in [0.25, 0.3) is 0 Å². The highest BCUT2D eigenvalue weighted by molar-refractivity contribution is 7.92. The van der Waals surface area contributed by atoms with E-state index in [0.717, 1.165) is 10.6 Å². The van der Waals surface area contributed by atoms with E-state index < -0.39 is 16.0 Å². The normalized spacial score (nSPS) is 10.9. The number of ether oxygens (including phenoxy) is 1. The number of nitrogens with zero attached hydrogens (tertiary/aromatic N) is 3. The third-order valence-corrected chi connectivity index (χ3v) is 3.02. The van der Waals surface area contributed by atoms with Crippen molar-refractivity contribution in [2.45, 2.75) is 0 Å². The second-order valence-electron chi connectivity index (χ2n) is 2.95. The van der Waals surface area contributed by atoms with E-state index in [1.165, 1.54) is 26.6 Å². The molecule has 16 heavy (non-hydrogen) atoms. The maximum atomic E-state index is 11.3. The second-order valence-corrected chi connectivity index (χ2v) is 4.96. The van der Waals surface area contributed by atoms with E-state index in [2.05, 4.69) is 14.7 Å². The highest BCUT2D eigenvalue weighted by Crippen LogP contribution is 2.16. The number of sulfonamides is 1. The van der Waals surface area contributed by atoms with Gasteiger partial charge in [0.15, 0.2) is 11.5 Å². The minimum Gasteiger partial charge on any atom is -0.464 e. The van der Waals surface area contributed by atoms with E-state index in [1.807, 2.05) is 0 Å². The quantitative estimate of drug-likeness (QED) is 0.677. The molecule has 8 heteroatoms. The predicted octanol–water partition coefficient (Wildman–Crippen LogP) is -0.341. The molecule has 0 saturated carbocycles. The molecule has 0 bridgehead atoms. The molecule has 0 atom stereocenters. The zero-order valence-electron chi connectivity index (χ0n) is 9.04. The van der Waals surface area contributed by atoms with Crippen LogP contribution in [0.15, 0.2) is 12.4 Å². The number of carbonyl (C=O) groups excluding carboxylic acids is 1. The van der Waals surface area contributed by atoms with Gasteiger partial charge in [0.05, 0.1) is 13.4 Å². The van der Waals surface area contributed by atoms with Gasteiger partial charge in [0.2, 0.25) is 10.0 Å². The van der Waals surface area contributed by atoms with Gasteiger partial charge in [0.1, 0.15) is 0 Å². The van der Waals surface area contributed by atoms with E-state index >= 15 is 0 Å². The van der Waals surface area contributed by atoms with Gasteiger partial charge in [-0.3, -0.25) is 4.31 Å². The van der Waals surface area contributed by atoms with Crippen LogP contribution < -0.4 is 4.31 Å². The van der Waals surface area contributed by atoms with Gasteiger partial charge in [-0.2, -0.15) is 0 Å². The van der Waals surface area contributed by atoms with Crippen LogP contribution in [0.5, 0.6) is 0 Å². The zero-order valence-corrected chi connectivity index (χ0v) is 9.85. The second kappa shape index (κ2) is 4.44. The average molecular weight is 245 g/mol. The SMILES string of the molecule is COC(=O)c1nccnc1N(C)S(C)(=O)=O. The first-order chi connectivity index (χ1) is 7.38. The summed E-state index contributed by atoms with van der Waals surface area (Å²) in [6.45, 7) is 0. The molecule has 0 aromatic carbocycles. The van der Waals surface area contributed by atoms with E-state index in [-0.39, 0.29) is 11.5 Å². The molecular weight excluding hydrogens is 234 g/mol. The van der Waals surface area contributed by atoms with E-state index in [9.17, 15) is 13.2 Å². The Labute approximate surface area is 93.1 Å². The summed E-state index contributed by atoms with van der Waals surface area (Å²) in [6.07, 6.45) is 3.58. The van der Waals surface area contributed by atoms with E-state index in [4.69, 9.17) is 0 Å². The molecule has 0 amide bonds.